The van der Waals surface area contributed by atoms with Crippen molar-refractivity contribution in [1.82, 2.24) is 35.4 Å². The molecule has 1 unspecified atom stereocenters. The molecule has 18 nitrogen and oxygen atoms in total. The second kappa shape index (κ2) is 23.3. The summed E-state index contributed by atoms with van der Waals surface area (Å²) in [6.07, 6.45) is 5.39. The lowest BCUT2D eigenvalue weighted by molar-refractivity contribution is -0.134. The molecule has 0 radical (unpaired) electrons. The Labute approximate surface area is 280 Å². The van der Waals surface area contributed by atoms with E-state index in [1.807, 2.05) is 6.92 Å². The molecule has 45 heavy (non-hydrogen) atoms. The van der Waals surface area contributed by atoms with Crippen LogP contribution in [0.2, 0.25) is 0 Å². The second-order valence-electron chi connectivity index (χ2n) is 9.64. The summed E-state index contributed by atoms with van der Waals surface area (Å²) < 4.78 is 1.15. The Morgan fingerprint density at radius 1 is 0.911 bits per heavy atom. The van der Waals surface area contributed by atoms with E-state index in [4.69, 9.17) is 46.6 Å². The number of hydrogen-bond donors (Lipinski definition) is 3. The van der Waals surface area contributed by atoms with Crippen molar-refractivity contribution < 1.29 is 24.0 Å². The minimum Gasteiger partial charge on any atom is -0.325 e. The molecule has 0 spiro atoms. The normalized spacial score (nSPS) is 16.5. The molecule has 0 bridgehead atoms. The number of alkyl halides is 3. The van der Waals surface area contributed by atoms with Crippen LogP contribution in [0.15, 0.2) is 15.9 Å². The van der Waals surface area contributed by atoms with E-state index in [0.717, 1.165) is 35.1 Å². The lowest BCUT2D eigenvalue weighted by atomic mass is 9.83. The number of imide groups is 1. The number of carbonyl (C=O) groups excluding carboxylic acids is 5. The van der Waals surface area contributed by atoms with E-state index in [1.165, 1.54) is 11.3 Å². The molecule has 2 rings (SSSR count). The van der Waals surface area contributed by atoms with Crippen molar-refractivity contribution >= 4 is 76.5 Å². The number of nitrogens with zero attached hydrogens (tertiary/aromatic N) is 7. The molecule has 2 aliphatic rings. The van der Waals surface area contributed by atoms with E-state index in [9.17, 15) is 38.7 Å². The van der Waals surface area contributed by atoms with Gasteiger partial charge in [0.15, 0.2) is 0 Å². The third-order valence-corrected chi connectivity index (χ3v) is 7.55. The largest absolute Gasteiger partial charge is 0.358 e. The zero-order valence-corrected chi connectivity index (χ0v) is 27.9. The molecule has 0 aromatic carbocycles. The van der Waals surface area contributed by atoms with E-state index in [1.54, 1.807) is 12.3 Å². The number of halogens is 4. The zero-order valence-electron chi connectivity index (χ0n) is 24.9. The van der Waals surface area contributed by atoms with Gasteiger partial charge < -0.3 is 10.2 Å². The molecule has 1 saturated carbocycles. The van der Waals surface area contributed by atoms with Crippen LogP contribution in [0.1, 0.15) is 58.8 Å². The van der Waals surface area contributed by atoms with Crippen molar-refractivity contribution in [2.75, 3.05) is 43.8 Å². The third kappa shape index (κ3) is 15.2. The van der Waals surface area contributed by atoms with Crippen LogP contribution in [0.25, 0.3) is 0 Å². The van der Waals surface area contributed by atoms with Crippen LogP contribution < -0.4 is 16.1 Å². The average molecular weight is 724 g/mol. The Balaban J connectivity index is 0.000000657. The molecule has 1 aliphatic carbocycles. The molecule has 0 aromatic heterocycles. The molecule has 3 N–H and O–H groups in total. The van der Waals surface area contributed by atoms with Gasteiger partial charge in [-0.2, -0.15) is 15.4 Å². The molecule has 0 aromatic rings. The van der Waals surface area contributed by atoms with Gasteiger partial charge in [0.2, 0.25) is 11.8 Å². The Bertz CT molecular complexity index is 1000. The van der Waals surface area contributed by atoms with Gasteiger partial charge in [-0.15, -0.1) is 49.5 Å². The Hall–Kier alpha value is -3.09. The topological polar surface area (TPSA) is 223 Å². The fourth-order valence-electron chi connectivity index (χ4n) is 4.01. The number of urea groups is 3. The van der Waals surface area contributed by atoms with Crippen LogP contribution in [0.5, 0.6) is 0 Å². The SMILES string of the molecule is CCN(N=O)C(=O)N(Cl)C1(C)CCCCC1.O=NN(CCCl)C(=O)NC1CCC(=O)NC1=O.O=NNC(=O)N(CCCl)CCCl. The van der Waals surface area contributed by atoms with Gasteiger partial charge in [0.25, 0.3) is 0 Å². The van der Waals surface area contributed by atoms with Gasteiger partial charge in [0.05, 0.1) is 27.9 Å². The average Bonchev–Trinajstić information content (AvgIpc) is 3.02. The number of nitrogens with one attached hydrogen (secondary N) is 3. The third-order valence-electron chi connectivity index (χ3n) is 6.50. The summed E-state index contributed by atoms with van der Waals surface area (Å²) in [4.78, 5) is 88.1. The summed E-state index contributed by atoms with van der Waals surface area (Å²) >= 11 is 22.2. The minimum absolute atomic E-state index is 0.0501. The van der Waals surface area contributed by atoms with Gasteiger partial charge in [-0.25, -0.2) is 18.8 Å². The number of rotatable bonds is 12. The first-order valence-corrected chi connectivity index (χ1v) is 15.7. The van der Waals surface area contributed by atoms with Crippen molar-refractivity contribution in [1.29, 1.82) is 0 Å². The first-order chi connectivity index (χ1) is 21.4. The lowest BCUT2D eigenvalue weighted by Crippen LogP contribution is -2.54. The van der Waals surface area contributed by atoms with Crippen LogP contribution in [0.3, 0.4) is 0 Å². The maximum Gasteiger partial charge on any atom is 0.358 e. The van der Waals surface area contributed by atoms with Crippen molar-refractivity contribution in [3.05, 3.63) is 14.7 Å². The van der Waals surface area contributed by atoms with E-state index < -0.39 is 30.0 Å². The smallest absolute Gasteiger partial charge is 0.325 e. The van der Waals surface area contributed by atoms with Crippen LogP contribution in [0, 0.1) is 14.7 Å². The molecule has 1 aliphatic heterocycles. The van der Waals surface area contributed by atoms with Gasteiger partial charge in [-0.3, -0.25) is 14.9 Å². The highest BCUT2D eigenvalue weighted by Gasteiger charge is 2.38. The molecule has 1 atom stereocenters. The standard InChI is InChI=1S/C10H18ClN3O2.C8H11ClN4O4.C5H9Cl2N3O2/c1-3-13(12-16)9(15)14(11)10(2)7-5-4-6-8-10;9-3-4-13(12-17)8(16)10-5-1-2-6(14)11-7(5)15;6-1-3-10(4-2-7)5(11)8-9-12/h3-8H2,1-2H3;5H,1-4H2,(H,10,16)(H,11,14,15);1-4H2,(H,8,11,12). The van der Waals surface area contributed by atoms with Gasteiger partial charge in [-0.05, 0) is 33.1 Å². The molecule has 22 heteroatoms. The summed E-state index contributed by atoms with van der Waals surface area (Å²) in [5, 5.41) is 13.2. The van der Waals surface area contributed by atoms with E-state index in [0.29, 0.717) is 29.9 Å². The Morgan fingerprint density at radius 2 is 1.47 bits per heavy atom. The predicted molar refractivity (Wildman–Crippen MR) is 168 cm³/mol. The summed E-state index contributed by atoms with van der Waals surface area (Å²) in [5.74, 6) is -0.334. The predicted octanol–water partition coefficient (Wildman–Crippen LogP) is 4.17. The lowest BCUT2D eigenvalue weighted by Gasteiger charge is -2.39. The Morgan fingerprint density at radius 3 is 1.91 bits per heavy atom. The molecule has 8 amide bonds. The van der Waals surface area contributed by atoms with Gasteiger partial charge in [-0.1, -0.05) is 19.3 Å². The maximum atomic E-state index is 11.8. The first kappa shape index (κ1) is 41.9. The molecule has 2 fully saturated rings. The fraction of sp³-hybridized carbons (Fsp3) is 0.783. The van der Waals surface area contributed by atoms with Crippen LogP contribution in [0.4, 0.5) is 14.4 Å². The minimum atomic E-state index is -0.834. The van der Waals surface area contributed by atoms with Crippen LogP contribution >= 0.6 is 46.6 Å². The number of hydrogen-bond acceptors (Lipinski definition) is 11. The number of nitroso groups, excluding NO2 is 3. The van der Waals surface area contributed by atoms with Crippen molar-refractivity contribution in [3.63, 3.8) is 0 Å². The number of piperidine rings is 1. The highest BCUT2D eigenvalue weighted by Crippen LogP contribution is 2.35. The summed E-state index contributed by atoms with van der Waals surface area (Å²) in [5.41, 5.74) is 1.40. The maximum absolute atomic E-state index is 11.8. The van der Waals surface area contributed by atoms with E-state index in [-0.39, 0.29) is 43.3 Å². The molecule has 1 saturated heterocycles. The van der Waals surface area contributed by atoms with Crippen LogP contribution in [-0.4, -0.2) is 105 Å². The van der Waals surface area contributed by atoms with Crippen molar-refractivity contribution in [2.45, 2.75) is 70.4 Å². The second-order valence-corrected chi connectivity index (χ2v) is 11.1. The monoisotopic (exact) mass is 722 g/mol. The zero-order chi connectivity index (χ0) is 34.4. The van der Waals surface area contributed by atoms with Crippen molar-refractivity contribution in [3.8, 4) is 0 Å². The molecule has 1 heterocycles. The van der Waals surface area contributed by atoms with Gasteiger partial charge >= 0.3 is 18.1 Å². The van der Waals surface area contributed by atoms with Crippen molar-refractivity contribution in [2.24, 2.45) is 15.9 Å². The van der Waals surface area contributed by atoms with E-state index in [2.05, 4.69) is 26.5 Å². The molecule has 256 valence electrons. The summed E-state index contributed by atoms with van der Waals surface area (Å²) in [7, 11) is 0. The Kier molecular flexibility index (Phi) is 21.7. The number of carbonyl (C=O) groups is 5. The van der Waals surface area contributed by atoms with Gasteiger partial charge in [0, 0.05) is 55.5 Å². The highest BCUT2D eigenvalue weighted by molar-refractivity contribution is 6.21. The van der Waals surface area contributed by atoms with E-state index >= 15 is 0 Å². The quantitative estimate of drug-likeness (QED) is 0.0869. The molecular formula is C23H38Cl4N10O8. The van der Waals surface area contributed by atoms with Crippen LogP contribution in [-0.2, 0) is 9.59 Å². The van der Waals surface area contributed by atoms with Gasteiger partial charge in [0.1, 0.15) is 6.04 Å². The fourth-order valence-corrected chi connectivity index (χ4v) is 4.84. The highest BCUT2D eigenvalue weighted by atomic mass is 35.5. The number of amides is 8. The first-order valence-electron chi connectivity index (χ1n) is 13.8. The summed E-state index contributed by atoms with van der Waals surface area (Å²) in [6, 6.07) is -2.75. The molecular weight excluding hydrogens is 686 g/mol. The summed E-state index contributed by atoms with van der Waals surface area (Å²) in [6.45, 7) is 4.51.